The van der Waals surface area contributed by atoms with E-state index in [-0.39, 0.29) is 11.3 Å². The van der Waals surface area contributed by atoms with Gasteiger partial charge in [0.2, 0.25) is 0 Å². The van der Waals surface area contributed by atoms with Crippen molar-refractivity contribution < 1.29 is 9.53 Å². The number of carbonyl (C=O) groups excluding carboxylic acids is 1. The molecule has 0 aliphatic carbocycles. The minimum absolute atomic E-state index is 0.0876. The fourth-order valence-electron chi connectivity index (χ4n) is 1.92. The van der Waals surface area contributed by atoms with Crippen molar-refractivity contribution in [2.24, 2.45) is 5.41 Å². The van der Waals surface area contributed by atoms with Crippen molar-refractivity contribution >= 4 is 33.0 Å². The summed E-state index contributed by atoms with van der Waals surface area (Å²) in [7, 11) is 1.62. The fraction of sp³-hybridized carbons (Fsp3) is 0.438. The molecule has 0 unspecified atom stereocenters. The minimum Gasteiger partial charge on any atom is -0.497 e. The van der Waals surface area contributed by atoms with Crippen LogP contribution in [0.1, 0.15) is 36.9 Å². The van der Waals surface area contributed by atoms with E-state index in [1.807, 2.05) is 18.2 Å². The molecule has 2 aromatic rings. The van der Waals surface area contributed by atoms with E-state index in [0.717, 1.165) is 22.3 Å². The first-order valence-corrected chi connectivity index (χ1v) is 7.84. The van der Waals surface area contributed by atoms with Gasteiger partial charge in [-0.15, -0.1) is 11.3 Å². The SMILES string of the molecule is CCC(C)(C)CNC(=O)c1sc2cc(OC)ccc2c1N. The molecule has 1 amide bonds. The van der Waals surface area contributed by atoms with E-state index in [1.54, 1.807) is 7.11 Å². The molecule has 1 aromatic carbocycles. The van der Waals surface area contributed by atoms with Gasteiger partial charge in [-0.2, -0.15) is 0 Å². The van der Waals surface area contributed by atoms with Gasteiger partial charge in [0.15, 0.2) is 0 Å². The van der Waals surface area contributed by atoms with Gasteiger partial charge in [-0.1, -0.05) is 20.8 Å². The Morgan fingerprint density at radius 2 is 2.14 bits per heavy atom. The van der Waals surface area contributed by atoms with Crippen LogP contribution in [0.3, 0.4) is 0 Å². The smallest absolute Gasteiger partial charge is 0.263 e. The molecule has 0 aliphatic rings. The number of amides is 1. The number of methoxy groups -OCH3 is 1. The van der Waals surface area contributed by atoms with Crippen LogP contribution < -0.4 is 15.8 Å². The molecule has 0 saturated carbocycles. The van der Waals surface area contributed by atoms with Gasteiger partial charge < -0.3 is 15.8 Å². The Morgan fingerprint density at radius 3 is 2.76 bits per heavy atom. The van der Waals surface area contributed by atoms with E-state index in [2.05, 4.69) is 26.1 Å². The predicted molar refractivity (Wildman–Crippen MR) is 89.2 cm³/mol. The van der Waals surface area contributed by atoms with Crippen molar-refractivity contribution in [1.82, 2.24) is 5.32 Å². The largest absolute Gasteiger partial charge is 0.497 e. The van der Waals surface area contributed by atoms with Gasteiger partial charge in [0.1, 0.15) is 10.6 Å². The number of fused-ring (bicyclic) bond motifs is 1. The van der Waals surface area contributed by atoms with Crippen LogP contribution in [0, 0.1) is 5.41 Å². The molecule has 0 aliphatic heterocycles. The second-order valence-corrected chi connectivity index (χ2v) is 6.96. The van der Waals surface area contributed by atoms with Gasteiger partial charge in [0, 0.05) is 16.6 Å². The number of nitrogen functional groups attached to an aromatic ring is 1. The maximum atomic E-state index is 12.3. The fourth-order valence-corrected chi connectivity index (χ4v) is 2.99. The van der Waals surface area contributed by atoms with E-state index in [9.17, 15) is 4.79 Å². The van der Waals surface area contributed by atoms with Crippen LogP contribution in [-0.2, 0) is 0 Å². The first kappa shape index (κ1) is 15.6. The van der Waals surface area contributed by atoms with E-state index in [1.165, 1.54) is 11.3 Å². The lowest BCUT2D eigenvalue weighted by Gasteiger charge is -2.22. The Kier molecular flexibility index (Phi) is 4.42. The summed E-state index contributed by atoms with van der Waals surface area (Å²) in [5.41, 5.74) is 6.75. The van der Waals surface area contributed by atoms with Crippen molar-refractivity contribution in [1.29, 1.82) is 0 Å². The molecule has 0 atom stereocenters. The number of anilines is 1. The van der Waals surface area contributed by atoms with Gasteiger partial charge >= 0.3 is 0 Å². The molecule has 4 nitrogen and oxygen atoms in total. The van der Waals surface area contributed by atoms with Gasteiger partial charge in [-0.05, 0) is 30.0 Å². The maximum Gasteiger partial charge on any atom is 0.263 e. The highest BCUT2D eigenvalue weighted by atomic mass is 32.1. The van der Waals surface area contributed by atoms with Crippen LogP contribution in [0.25, 0.3) is 10.1 Å². The summed E-state index contributed by atoms with van der Waals surface area (Å²) in [5.74, 6) is 0.664. The highest BCUT2D eigenvalue weighted by molar-refractivity contribution is 7.21. The average molecular weight is 306 g/mol. The zero-order valence-electron chi connectivity index (χ0n) is 12.9. The summed E-state index contributed by atoms with van der Waals surface area (Å²) in [6, 6.07) is 5.66. The molecule has 114 valence electrons. The van der Waals surface area contributed by atoms with Crippen LogP contribution in [-0.4, -0.2) is 19.6 Å². The Labute approximate surface area is 129 Å². The van der Waals surface area contributed by atoms with Crippen molar-refractivity contribution in [3.8, 4) is 5.75 Å². The molecule has 0 radical (unpaired) electrons. The molecule has 2 rings (SSSR count). The zero-order valence-corrected chi connectivity index (χ0v) is 13.8. The summed E-state index contributed by atoms with van der Waals surface area (Å²) in [6.07, 6.45) is 1.01. The number of nitrogens with two attached hydrogens (primary N) is 1. The Hall–Kier alpha value is -1.75. The van der Waals surface area contributed by atoms with E-state index in [4.69, 9.17) is 10.5 Å². The number of hydrogen-bond acceptors (Lipinski definition) is 4. The van der Waals surface area contributed by atoms with Crippen molar-refractivity contribution in [3.05, 3.63) is 23.1 Å². The first-order chi connectivity index (χ1) is 9.88. The second-order valence-electron chi connectivity index (χ2n) is 5.91. The molecule has 0 spiro atoms. The number of nitrogens with one attached hydrogen (secondary N) is 1. The van der Waals surface area contributed by atoms with Crippen LogP contribution in [0.2, 0.25) is 0 Å². The zero-order chi connectivity index (χ0) is 15.6. The molecular weight excluding hydrogens is 284 g/mol. The van der Waals surface area contributed by atoms with Crippen molar-refractivity contribution in [3.63, 3.8) is 0 Å². The third kappa shape index (κ3) is 3.29. The van der Waals surface area contributed by atoms with Crippen LogP contribution in [0.15, 0.2) is 18.2 Å². The summed E-state index contributed by atoms with van der Waals surface area (Å²) in [4.78, 5) is 12.9. The first-order valence-electron chi connectivity index (χ1n) is 7.02. The summed E-state index contributed by atoms with van der Waals surface area (Å²) < 4.78 is 6.17. The molecule has 21 heavy (non-hydrogen) atoms. The highest BCUT2D eigenvalue weighted by Gasteiger charge is 2.20. The predicted octanol–water partition coefficient (Wildman–Crippen LogP) is 3.66. The molecule has 0 bridgehead atoms. The normalized spacial score (nSPS) is 11.6. The number of benzene rings is 1. The Morgan fingerprint density at radius 1 is 1.43 bits per heavy atom. The monoisotopic (exact) mass is 306 g/mol. The number of carbonyl (C=O) groups is 1. The third-order valence-electron chi connectivity index (χ3n) is 3.83. The van der Waals surface area contributed by atoms with Crippen molar-refractivity contribution in [2.75, 3.05) is 19.4 Å². The second kappa shape index (κ2) is 5.93. The molecule has 5 heteroatoms. The summed E-state index contributed by atoms with van der Waals surface area (Å²) >= 11 is 1.40. The van der Waals surface area contributed by atoms with E-state index < -0.39 is 0 Å². The molecule has 0 fully saturated rings. The maximum absolute atomic E-state index is 12.3. The summed E-state index contributed by atoms with van der Waals surface area (Å²) in [5, 5.41) is 3.88. The molecule has 3 N–H and O–H groups in total. The number of thiophene rings is 1. The lowest BCUT2D eigenvalue weighted by atomic mass is 9.90. The lowest BCUT2D eigenvalue weighted by molar-refractivity contribution is 0.0940. The highest BCUT2D eigenvalue weighted by Crippen LogP contribution is 2.35. The average Bonchev–Trinajstić information content (AvgIpc) is 2.81. The lowest BCUT2D eigenvalue weighted by Crippen LogP contribution is -2.33. The van der Waals surface area contributed by atoms with Gasteiger partial charge in [-0.3, -0.25) is 4.79 Å². The van der Waals surface area contributed by atoms with Crippen molar-refractivity contribution in [2.45, 2.75) is 27.2 Å². The Bertz CT molecular complexity index is 662. The van der Waals surface area contributed by atoms with E-state index in [0.29, 0.717) is 17.1 Å². The minimum atomic E-state index is -0.103. The van der Waals surface area contributed by atoms with Crippen LogP contribution >= 0.6 is 11.3 Å². The van der Waals surface area contributed by atoms with Gasteiger partial charge in [-0.25, -0.2) is 0 Å². The summed E-state index contributed by atoms with van der Waals surface area (Å²) in [6.45, 7) is 7.02. The number of hydrogen-bond donors (Lipinski definition) is 2. The number of ether oxygens (including phenoxy) is 1. The molecule has 0 saturated heterocycles. The quantitative estimate of drug-likeness (QED) is 0.886. The van der Waals surface area contributed by atoms with E-state index >= 15 is 0 Å². The molecule has 1 aromatic heterocycles. The van der Waals surface area contributed by atoms with Gasteiger partial charge in [0.25, 0.3) is 5.91 Å². The van der Waals surface area contributed by atoms with Crippen LogP contribution in [0.5, 0.6) is 5.75 Å². The third-order valence-corrected chi connectivity index (χ3v) is 4.99. The standard InChI is InChI=1S/C16H22N2O2S/c1-5-16(2,3)9-18-15(19)14-13(17)11-7-6-10(20-4)8-12(11)21-14/h6-8H,5,9,17H2,1-4H3,(H,18,19). The van der Waals surface area contributed by atoms with Crippen LogP contribution in [0.4, 0.5) is 5.69 Å². The van der Waals surface area contributed by atoms with Gasteiger partial charge in [0.05, 0.1) is 12.8 Å². The molecular formula is C16H22N2O2S. The molecule has 1 heterocycles. The topological polar surface area (TPSA) is 64.3 Å². The number of rotatable bonds is 5. The Balaban J connectivity index is 2.25.